The van der Waals surface area contributed by atoms with E-state index in [2.05, 4.69) is 26.6 Å². The summed E-state index contributed by atoms with van der Waals surface area (Å²) in [6, 6.07) is 6.44. The van der Waals surface area contributed by atoms with Crippen LogP contribution in [-0.4, -0.2) is 35.5 Å². The predicted octanol–water partition coefficient (Wildman–Crippen LogP) is 1.55. The number of carbonyl (C=O) groups is 3. The number of carboxylic acid groups (broad SMARTS) is 1. The van der Waals surface area contributed by atoms with Crippen LogP contribution in [0.25, 0.3) is 0 Å². The van der Waals surface area contributed by atoms with Crippen molar-refractivity contribution in [2.24, 2.45) is 0 Å². The lowest BCUT2D eigenvalue weighted by Crippen LogP contribution is -2.42. The number of halogens is 1. The van der Waals surface area contributed by atoms with E-state index in [4.69, 9.17) is 5.11 Å². The number of amides is 2. The molecule has 0 saturated heterocycles. The molecule has 2 amide bonds. The summed E-state index contributed by atoms with van der Waals surface area (Å²) in [5.74, 6) is -1.76. The van der Waals surface area contributed by atoms with Crippen LogP contribution in [0, 0.1) is 0 Å². The van der Waals surface area contributed by atoms with Gasteiger partial charge in [-0.3, -0.25) is 14.4 Å². The molecule has 1 rings (SSSR count). The van der Waals surface area contributed by atoms with Crippen LogP contribution >= 0.6 is 15.9 Å². The summed E-state index contributed by atoms with van der Waals surface area (Å²) in [6.07, 6.45) is 0.372. The second-order valence-electron chi connectivity index (χ2n) is 4.43. The molecule has 6 nitrogen and oxygen atoms in total. The third-order valence-electron chi connectivity index (χ3n) is 2.81. The van der Waals surface area contributed by atoms with E-state index in [9.17, 15) is 14.4 Å². The first kappa shape index (κ1) is 17.2. The second-order valence-corrected chi connectivity index (χ2v) is 5.29. The molecule has 0 radical (unpaired) electrons. The molecular weight excluding hydrogens is 340 g/mol. The first-order chi connectivity index (χ1) is 9.93. The summed E-state index contributed by atoms with van der Waals surface area (Å²) < 4.78 is 0.639. The van der Waals surface area contributed by atoms with Gasteiger partial charge in [-0.15, -0.1) is 0 Å². The Morgan fingerprint density at radius 2 is 1.95 bits per heavy atom. The van der Waals surface area contributed by atoms with Crippen molar-refractivity contribution in [1.29, 1.82) is 0 Å². The summed E-state index contributed by atoms with van der Waals surface area (Å²) in [4.78, 5) is 34.2. The van der Waals surface area contributed by atoms with Crippen LogP contribution in [0.15, 0.2) is 28.7 Å². The maximum atomic E-state index is 11.9. The second kappa shape index (κ2) is 8.41. The first-order valence-electron chi connectivity index (χ1n) is 6.48. The van der Waals surface area contributed by atoms with Gasteiger partial charge >= 0.3 is 5.97 Å². The van der Waals surface area contributed by atoms with Gasteiger partial charge in [0.1, 0.15) is 0 Å². The zero-order valence-corrected chi connectivity index (χ0v) is 13.1. The summed E-state index contributed by atoms with van der Waals surface area (Å²) in [7, 11) is 0. The highest BCUT2D eigenvalue weighted by Crippen LogP contribution is 2.15. The van der Waals surface area contributed by atoms with Gasteiger partial charge in [0.15, 0.2) is 0 Å². The number of benzene rings is 1. The van der Waals surface area contributed by atoms with Gasteiger partial charge in [0.05, 0.1) is 18.5 Å². The van der Waals surface area contributed by atoms with E-state index in [1.165, 1.54) is 0 Å². The summed E-state index contributed by atoms with van der Waals surface area (Å²) in [6.45, 7) is 1.59. The number of aliphatic carboxylic acids is 1. The monoisotopic (exact) mass is 356 g/mol. The third kappa shape index (κ3) is 5.95. The molecule has 0 aliphatic rings. The highest BCUT2D eigenvalue weighted by atomic mass is 79.9. The van der Waals surface area contributed by atoms with Gasteiger partial charge in [-0.2, -0.15) is 0 Å². The summed E-state index contributed by atoms with van der Waals surface area (Å²) in [5, 5.41) is 13.8. The summed E-state index contributed by atoms with van der Waals surface area (Å²) >= 11 is 3.26. The normalized spacial score (nSPS) is 11.5. The van der Waals surface area contributed by atoms with Crippen LogP contribution in [0.5, 0.6) is 0 Å². The Balaban J connectivity index is 2.47. The SMILES string of the molecule is CCC(CC(=O)O)NC(=O)CNC(=O)c1ccccc1Br. The summed E-state index contributed by atoms with van der Waals surface area (Å²) in [5.41, 5.74) is 0.433. The zero-order chi connectivity index (χ0) is 15.8. The van der Waals surface area contributed by atoms with Gasteiger partial charge in [-0.1, -0.05) is 19.1 Å². The van der Waals surface area contributed by atoms with Crippen molar-refractivity contribution in [3.63, 3.8) is 0 Å². The van der Waals surface area contributed by atoms with Crippen molar-refractivity contribution in [1.82, 2.24) is 10.6 Å². The highest BCUT2D eigenvalue weighted by molar-refractivity contribution is 9.10. The van der Waals surface area contributed by atoms with Gasteiger partial charge in [0.2, 0.25) is 5.91 Å². The number of carbonyl (C=O) groups excluding carboxylic acids is 2. The van der Waals surface area contributed by atoms with E-state index in [0.717, 1.165) is 0 Å². The average Bonchev–Trinajstić information content (AvgIpc) is 2.44. The van der Waals surface area contributed by atoms with Crippen LogP contribution in [-0.2, 0) is 9.59 Å². The lowest BCUT2D eigenvalue weighted by Gasteiger charge is -2.15. The molecule has 1 unspecified atom stereocenters. The minimum Gasteiger partial charge on any atom is -0.481 e. The Morgan fingerprint density at radius 3 is 2.52 bits per heavy atom. The standard InChI is InChI=1S/C14H17BrN2O4/c1-2-9(7-13(19)20)17-12(18)8-16-14(21)10-5-3-4-6-11(10)15/h3-6,9H,2,7-8H2,1H3,(H,16,21)(H,17,18)(H,19,20). The maximum Gasteiger partial charge on any atom is 0.305 e. The van der Waals surface area contributed by atoms with Crippen molar-refractivity contribution < 1.29 is 19.5 Å². The Morgan fingerprint density at radius 1 is 1.29 bits per heavy atom. The lowest BCUT2D eigenvalue weighted by atomic mass is 10.1. The molecule has 0 fully saturated rings. The van der Waals surface area contributed by atoms with Gasteiger partial charge in [-0.25, -0.2) is 0 Å². The fraction of sp³-hybridized carbons (Fsp3) is 0.357. The fourth-order valence-corrected chi connectivity index (χ4v) is 2.15. The Hall–Kier alpha value is -1.89. The zero-order valence-electron chi connectivity index (χ0n) is 11.6. The van der Waals surface area contributed by atoms with E-state index >= 15 is 0 Å². The largest absolute Gasteiger partial charge is 0.481 e. The predicted molar refractivity (Wildman–Crippen MR) is 80.9 cm³/mol. The van der Waals surface area contributed by atoms with Crippen LogP contribution in [0.1, 0.15) is 30.1 Å². The molecule has 0 saturated carbocycles. The lowest BCUT2D eigenvalue weighted by molar-refractivity contribution is -0.137. The molecule has 1 aromatic carbocycles. The molecule has 21 heavy (non-hydrogen) atoms. The quantitative estimate of drug-likeness (QED) is 0.690. The fourth-order valence-electron chi connectivity index (χ4n) is 1.69. The Labute approximate surface area is 131 Å². The van der Waals surface area contributed by atoms with E-state index in [-0.39, 0.29) is 18.9 Å². The molecule has 3 N–H and O–H groups in total. The molecule has 7 heteroatoms. The van der Waals surface area contributed by atoms with Crippen LogP contribution in [0.3, 0.4) is 0 Å². The van der Waals surface area contributed by atoms with E-state index < -0.39 is 17.9 Å². The van der Waals surface area contributed by atoms with Gasteiger partial charge in [-0.05, 0) is 34.5 Å². The number of hydrogen-bond acceptors (Lipinski definition) is 3. The van der Waals surface area contributed by atoms with E-state index in [0.29, 0.717) is 16.5 Å². The third-order valence-corrected chi connectivity index (χ3v) is 3.50. The average molecular weight is 357 g/mol. The molecule has 0 bridgehead atoms. The van der Waals surface area contributed by atoms with Crippen molar-refractivity contribution in [2.45, 2.75) is 25.8 Å². The molecule has 114 valence electrons. The Kier molecular flexibility index (Phi) is 6.87. The van der Waals surface area contributed by atoms with Crippen molar-refractivity contribution >= 4 is 33.7 Å². The number of carboxylic acids is 1. The first-order valence-corrected chi connectivity index (χ1v) is 7.27. The molecule has 0 spiro atoms. The molecule has 1 aromatic rings. The van der Waals surface area contributed by atoms with Crippen LogP contribution in [0.4, 0.5) is 0 Å². The number of hydrogen-bond donors (Lipinski definition) is 3. The van der Waals surface area contributed by atoms with Crippen molar-refractivity contribution in [2.75, 3.05) is 6.54 Å². The topological polar surface area (TPSA) is 95.5 Å². The Bertz CT molecular complexity index is 533. The number of nitrogens with one attached hydrogen (secondary N) is 2. The van der Waals surface area contributed by atoms with Crippen LogP contribution < -0.4 is 10.6 Å². The molecular formula is C14H17BrN2O4. The van der Waals surface area contributed by atoms with Gasteiger partial charge < -0.3 is 15.7 Å². The van der Waals surface area contributed by atoms with Gasteiger partial charge in [0.25, 0.3) is 5.91 Å². The molecule has 0 aliphatic heterocycles. The van der Waals surface area contributed by atoms with E-state index in [1.807, 2.05) is 0 Å². The number of rotatable bonds is 7. The van der Waals surface area contributed by atoms with Crippen molar-refractivity contribution in [3.05, 3.63) is 34.3 Å². The molecule has 0 heterocycles. The highest BCUT2D eigenvalue weighted by Gasteiger charge is 2.15. The van der Waals surface area contributed by atoms with Gasteiger partial charge in [0, 0.05) is 10.5 Å². The minimum atomic E-state index is -0.973. The molecule has 0 aromatic heterocycles. The molecule has 0 aliphatic carbocycles. The molecule has 1 atom stereocenters. The van der Waals surface area contributed by atoms with E-state index in [1.54, 1.807) is 31.2 Å². The maximum absolute atomic E-state index is 11.9. The van der Waals surface area contributed by atoms with Crippen molar-refractivity contribution in [3.8, 4) is 0 Å². The minimum absolute atomic E-state index is 0.138. The van der Waals surface area contributed by atoms with Crippen LogP contribution in [0.2, 0.25) is 0 Å². The smallest absolute Gasteiger partial charge is 0.305 e.